The van der Waals surface area contributed by atoms with Crippen molar-refractivity contribution < 1.29 is 24.9 Å². The Morgan fingerprint density at radius 2 is 2.04 bits per heavy atom. The number of hydrogen-bond acceptors (Lipinski definition) is 5. The quantitative estimate of drug-likeness (QED) is 0.527. The van der Waals surface area contributed by atoms with Crippen LogP contribution in [0.3, 0.4) is 0 Å². The molecule has 144 valence electrons. The standard InChI is InChI=1S/C21H30O5/c1-11(2)18-15-8-17(22)12(3)14-6-7-20(24,10-26-5)16(14)9-21(15,25)13(4)19(18)23/h9,11-12,14,17,22,24-25H,4,6-8,10H2,1-3,5H3/b16-9+/t12-,14+,17?,20?,21-/m1/s1. The number of carbonyl (C=O) groups is 1. The second kappa shape index (κ2) is 6.41. The molecular formula is C21H30O5. The van der Waals surface area contributed by atoms with E-state index in [0.29, 0.717) is 29.6 Å². The van der Waals surface area contributed by atoms with Crippen molar-refractivity contribution in [2.75, 3.05) is 13.7 Å². The summed E-state index contributed by atoms with van der Waals surface area (Å²) in [6, 6.07) is 0. The number of aliphatic hydroxyl groups is 3. The molecule has 5 atom stereocenters. The van der Waals surface area contributed by atoms with Crippen molar-refractivity contribution in [1.82, 2.24) is 0 Å². The molecule has 0 radical (unpaired) electrons. The molecule has 0 amide bonds. The van der Waals surface area contributed by atoms with E-state index in [9.17, 15) is 20.1 Å². The lowest BCUT2D eigenvalue weighted by atomic mass is 9.73. The van der Waals surface area contributed by atoms with Crippen LogP contribution in [0.2, 0.25) is 0 Å². The molecule has 1 saturated carbocycles. The van der Waals surface area contributed by atoms with Gasteiger partial charge in [-0.1, -0.05) is 27.4 Å². The third-order valence-corrected chi connectivity index (χ3v) is 6.55. The molecule has 0 aromatic heterocycles. The van der Waals surface area contributed by atoms with E-state index in [-0.39, 0.29) is 42.1 Å². The van der Waals surface area contributed by atoms with Crippen molar-refractivity contribution >= 4 is 5.78 Å². The fourth-order valence-electron chi connectivity index (χ4n) is 5.02. The monoisotopic (exact) mass is 362 g/mol. The molecule has 3 aliphatic rings. The van der Waals surface area contributed by atoms with Gasteiger partial charge < -0.3 is 20.1 Å². The molecule has 0 aromatic rings. The van der Waals surface area contributed by atoms with E-state index in [1.165, 1.54) is 7.11 Å². The van der Waals surface area contributed by atoms with Gasteiger partial charge in [-0.2, -0.15) is 0 Å². The van der Waals surface area contributed by atoms with Crippen molar-refractivity contribution in [3.8, 4) is 0 Å². The minimum absolute atomic E-state index is 0.0678. The fourth-order valence-corrected chi connectivity index (χ4v) is 5.02. The Balaban J connectivity index is 2.25. The normalized spacial score (nSPS) is 42.5. The Morgan fingerprint density at radius 3 is 2.62 bits per heavy atom. The maximum Gasteiger partial charge on any atom is 0.188 e. The second-order valence-corrected chi connectivity index (χ2v) is 8.46. The van der Waals surface area contributed by atoms with Gasteiger partial charge in [-0.25, -0.2) is 0 Å². The number of allylic oxidation sites excluding steroid dienone is 1. The van der Waals surface area contributed by atoms with Crippen LogP contribution in [-0.2, 0) is 9.53 Å². The van der Waals surface area contributed by atoms with E-state index in [2.05, 4.69) is 6.58 Å². The first-order chi connectivity index (χ1) is 12.1. The number of hydrogen-bond donors (Lipinski definition) is 3. The molecule has 26 heavy (non-hydrogen) atoms. The summed E-state index contributed by atoms with van der Waals surface area (Å²) in [7, 11) is 1.53. The third-order valence-electron chi connectivity index (χ3n) is 6.55. The highest BCUT2D eigenvalue weighted by molar-refractivity contribution is 6.14. The van der Waals surface area contributed by atoms with E-state index < -0.39 is 17.3 Å². The molecule has 2 unspecified atom stereocenters. The van der Waals surface area contributed by atoms with Gasteiger partial charge in [-0.05, 0) is 54.2 Å². The fraction of sp³-hybridized carbons (Fsp3) is 0.667. The number of ketones is 1. The van der Waals surface area contributed by atoms with Crippen LogP contribution in [-0.4, -0.2) is 52.1 Å². The zero-order valence-corrected chi connectivity index (χ0v) is 16.1. The highest BCUT2D eigenvalue weighted by Gasteiger charge is 2.54. The van der Waals surface area contributed by atoms with E-state index in [4.69, 9.17) is 4.74 Å². The largest absolute Gasteiger partial charge is 0.392 e. The Kier molecular flexibility index (Phi) is 4.81. The topological polar surface area (TPSA) is 87.0 Å². The van der Waals surface area contributed by atoms with Gasteiger partial charge in [0, 0.05) is 18.3 Å². The number of ether oxygens (including phenoxy) is 1. The van der Waals surface area contributed by atoms with Crippen molar-refractivity contribution in [2.45, 2.75) is 57.3 Å². The van der Waals surface area contributed by atoms with Crippen molar-refractivity contribution in [1.29, 1.82) is 0 Å². The van der Waals surface area contributed by atoms with E-state index in [1.807, 2.05) is 20.8 Å². The summed E-state index contributed by atoms with van der Waals surface area (Å²) in [4.78, 5) is 12.8. The van der Waals surface area contributed by atoms with Gasteiger partial charge in [-0.3, -0.25) is 4.79 Å². The van der Waals surface area contributed by atoms with Crippen LogP contribution in [0.4, 0.5) is 0 Å². The number of fused-ring (bicyclic) bond motifs is 2. The predicted molar refractivity (Wildman–Crippen MR) is 98.4 cm³/mol. The van der Waals surface area contributed by atoms with Crippen molar-refractivity contribution in [2.24, 2.45) is 17.8 Å². The molecule has 3 aliphatic carbocycles. The molecule has 0 aliphatic heterocycles. The summed E-state index contributed by atoms with van der Waals surface area (Å²) < 4.78 is 5.23. The van der Waals surface area contributed by atoms with Crippen LogP contribution in [0.5, 0.6) is 0 Å². The van der Waals surface area contributed by atoms with Crippen LogP contribution in [0.15, 0.2) is 34.9 Å². The first kappa shape index (κ1) is 19.5. The van der Waals surface area contributed by atoms with Gasteiger partial charge in [0.05, 0.1) is 12.7 Å². The number of aliphatic hydroxyl groups excluding tert-OH is 1. The summed E-state index contributed by atoms with van der Waals surface area (Å²) in [5.41, 5.74) is -1.01. The summed E-state index contributed by atoms with van der Waals surface area (Å²) >= 11 is 0. The lowest BCUT2D eigenvalue weighted by Gasteiger charge is -2.37. The lowest BCUT2D eigenvalue weighted by Crippen LogP contribution is -2.41. The average molecular weight is 362 g/mol. The second-order valence-electron chi connectivity index (χ2n) is 8.46. The molecule has 0 saturated heterocycles. The molecule has 0 aromatic carbocycles. The Morgan fingerprint density at radius 1 is 1.38 bits per heavy atom. The van der Waals surface area contributed by atoms with Crippen LogP contribution in [0.1, 0.15) is 40.0 Å². The number of carbonyl (C=O) groups excluding carboxylic acids is 1. The summed E-state index contributed by atoms with van der Waals surface area (Å²) in [5.74, 6) is -0.495. The van der Waals surface area contributed by atoms with Crippen LogP contribution in [0.25, 0.3) is 0 Å². The van der Waals surface area contributed by atoms with Gasteiger partial charge in [-0.15, -0.1) is 0 Å². The molecular weight excluding hydrogens is 332 g/mol. The predicted octanol–water partition coefficient (Wildman–Crippen LogP) is 1.92. The molecule has 3 N–H and O–H groups in total. The molecule has 3 rings (SSSR count). The van der Waals surface area contributed by atoms with Crippen LogP contribution < -0.4 is 0 Å². The smallest absolute Gasteiger partial charge is 0.188 e. The number of Topliss-reactive ketones (excluding diaryl/α,β-unsaturated/α-hetero) is 1. The summed E-state index contributed by atoms with van der Waals surface area (Å²) in [6.45, 7) is 9.76. The lowest BCUT2D eigenvalue weighted by molar-refractivity contribution is -0.112. The first-order valence-electron chi connectivity index (χ1n) is 9.39. The molecule has 5 nitrogen and oxygen atoms in total. The van der Waals surface area contributed by atoms with Gasteiger partial charge in [0.1, 0.15) is 11.2 Å². The van der Waals surface area contributed by atoms with Gasteiger partial charge in [0.15, 0.2) is 5.78 Å². The Bertz CT molecular complexity index is 703. The molecule has 0 bridgehead atoms. The summed E-state index contributed by atoms with van der Waals surface area (Å²) in [5, 5.41) is 33.5. The third kappa shape index (κ3) is 2.64. The van der Waals surface area contributed by atoms with Gasteiger partial charge in [0.25, 0.3) is 0 Å². The zero-order valence-electron chi connectivity index (χ0n) is 16.1. The van der Waals surface area contributed by atoms with E-state index >= 15 is 0 Å². The highest BCUT2D eigenvalue weighted by atomic mass is 16.5. The van der Waals surface area contributed by atoms with E-state index in [1.54, 1.807) is 6.08 Å². The van der Waals surface area contributed by atoms with Crippen LogP contribution in [0, 0.1) is 17.8 Å². The maximum atomic E-state index is 12.8. The van der Waals surface area contributed by atoms with Crippen molar-refractivity contribution in [3.05, 3.63) is 34.9 Å². The first-order valence-corrected chi connectivity index (χ1v) is 9.39. The maximum absolute atomic E-state index is 12.8. The number of methoxy groups -OCH3 is 1. The minimum Gasteiger partial charge on any atom is -0.392 e. The average Bonchev–Trinajstić information content (AvgIpc) is 2.95. The molecule has 0 heterocycles. The Labute approximate surface area is 155 Å². The van der Waals surface area contributed by atoms with E-state index in [0.717, 1.165) is 0 Å². The Hall–Kier alpha value is -1.27. The highest BCUT2D eigenvalue weighted by Crippen LogP contribution is 2.52. The number of rotatable bonds is 3. The SMILES string of the molecule is C=C1C(=O)C(C(C)C)=C2CC(O)[C@H](C)[C@@H]3CCC(O)(COC)/C3=C/[C@@]12O. The van der Waals surface area contributed by atoms with Crippen molar-refractivity contribution in [3.63, 3.8) is 0 Å². The molecule has 5 heteroatoms. The zero-order chi connectivity index (χ0) is 19.4. The molecule has 1 fully saturated rings. The van der Waals surface area contributed by atoms with Gasteiger partial charge in [0.2, 0.25) is 0 Å². The summed E-state index contributed by atoms with van der Waals surface area (Å²) in [6.07, 6.45) is 2.37. The minimum atomic E-state index is -1.64. The van der Waals surface area contributed by atoms with Crippen LogP contribution >= 0.6 is 0 Å². The van der Waals surface area contributed by atoms with Gasteiger partial charge >= 0.3 is 0 Å². The molecule has 0 spiro atoms.